The van der Waals surface area contributed by atoms with Gasteiger partial charge in [0.15, 0.2) is 0 Å². The number of nitrogens with zero attached hydrogens (tertiary/aromatic N) is 3. The number of rotatable bonds is 10. The largest absolute Gasteiger partial charge is 0.390 e. The molecule has 1 unspecified atom stereocenters. The van der Waals surface area contributed by atoms with Gasteiger partial charge in [-0.2, -0.15) is 0 Å². The second kappa shape index (κ2) is 11.7. The Balaban J connectivity index is 1.35. The summed E-state index contributed by atoms with van der Waals surface area (Å²) in [7, 11) is 0. The van der Waals surface area contributed by atoms with E-state index < -0.39 is 11.1 Å². The SMILES string of the molecule is CC(C)CN1C(=O)N(Cc2ccccc2)C2(CCN(CC3CC=C(CCCC(C)(C)O)CC3)CC2)C1=O. The van der Waals surface area contributed by atoms with Crippen LogP contribution in [0.3, 0.4) is 0 Å². The van der Waals surface area contributed by atoms with Crippen LogP contribution in [0, 0.1) is 11.8 Å². The molecule has 0 saturated carbocycles. The Hall–Kier alpha value is -2.18. The highest BCUT2D eigenvalue weighted by Crippen LogP contribution is 2.39. The maximum atomic E-state index is 13.7. The number of aliphatic hydroxyl groups is 1. The molecule has 6 nitrogen and oxygen atoms in total. The second-order valence-corrected chi connectivity index (χ2v) is 12.7. The van der Waals surface area contributed by atoms with Crippen molar-refractivity contribution in [1.82, 2.24) is 14.7 Å². The lowest BCUT2D eigenvalue weighted by atomic mass is 9.83. The van der Waals surface area contributed by atoms with Gasteiger partial charge in [0.25, 0.3) is 5.91 Å². The van der Waals surface area contributed by atoms with Gasteiger partial charge in [-0.3, -0.25) is 9.69 Å². The molecule has 204 valence electrons. The van der Waals surface area contributed by atoms with Gasteiger partial charge in [-0.05, 0) is 82.6 Å². The van der Waals surface area contributed by atoms with Gasteiger partial charge in [0.2, 0.25) is 0 Å². The molecular weight excluding hydrogens is 462 g/mol. The number of urea groups is 1. The second-order valence-electron chi connectivity index (χ2n) is 12.7. The smallest absolute Gasteiger partial charge is 0.327 e. The van der Waals surface area contributed by atoms with Crippen LogP contribution in [0.1, 0.15) is 84.6 Å². The number of hydrogen-bond donors (Lipinski definition) is 1. The lowest BCUT2D eigenvalue weighted by molar-refractivity contribution is -0.136. The number of amides is 3. The first kappa shape index (κ1) is 27.8. The first-order valence-electron chi connectivity index (χ1n) is 14.4. The lowest BCUT2D eigenvalue weighted by Crippen LogP contribution is -2.56. The van der Waals surface area contributed by atoms with Crippen molar-refractivity contribution in [2.75, 3.05) is 26.2 Å². The van der Waals surface area contributed by atoms with E-state index in [4.69, 9.17) is 0 Å². The summed E-state index contributed by atoms with van der Waals surface area (Å²) >= 11 is 0. The fraction of sp³-hybridized carbons (Fsp3) is 0.677. The average molecular weight is 510 g/mol. The highest BCUT2D eigenvalue weighted by Gasteiger charge is 2.57. The van der Waals surface area contributed by atoms with Gasteiger partial charge in [-0.15, -0.1) is 0 Å². The topological polar surface area (TPSA) is 64.1 Å². The zero-order valence-corrected chi connectivity index (χ0v) is 23.4. The standard InChI is InChI=1S/C31H47N3O3/c1-24(2)21-33-28(35)31(34(29(33)36)23-26-9-6-5-7-10-26)17-19-32(20-18-31)22-27-14-12-25(13-15-27)11-8-16-30(3,4)37/h5-7,9-10,12,24,27,37H,8,11,13-23H2,1-4H3. The van der Waals surface area contributed by atoms with Gasteiger partial charge in [0, 0.05) is 32.7 Å². The Labute approximate surface area is 223 Å². The summed E-state index contributed by atoms with van der Waals surface area (Å²) in [6.45, 7) is 11.7. The van der Waals surface area contributed by atoms with E-state index in [1.165, 1.54) is 11.3 Å². The van der Waals surface area contributed by atoms with Crippen molar-refractivity contribution >= 4 is 11.9 Å². The van der Waals surface area contributed by atoms with Gasteiger partial charge in [-0.1, -0.05) is 55.8 Å². The summed E-state index contributed by atoms with van der Waals surface area (Å²) in [5.41, 5.74) is 1.34. The normalized spacial score (nSPS) is 22.9. The van der Waals surface area contributed by atoms with Gasteiger partial charge in [0.05, 0.1) is 5.60 Å². The molecule has 1 atom stereocenters. The quantitative estimate of drug-likeness (QED) is 0.329. The molecule has 1 spiro atoms. The third-order valence-corrected chi connectivity index (χ3v) is 8.45. The van der Waals surface area contributed by atoms with Crippen LogP contribution in [0.5, 0.6) is 0 Å². The molecule has 2 heterocycles. The number of piperidine rings is 1. The number of carbonyl (C=O) groups is 2. The van der Waals surface area contributed by atoms with Crippen LogP contribution >= 0.6 is 0 Å². The van der Waals surface area contributed by atoms with Crippen molar-refractivity contribution in [3.8, 4) is 0 Å². The lowest BCUT2D eigenvalue weighted by Gasteiger charge is -2.43. The average Bonchev–Trinajstić information content (AvgIpc) is 3.03. The van der Waals surface area contributed by atoms with E-state index in [1.807, 2.05) is 49.1 Å². The van der Waals surface area contributed by atoms with Gasteiger partial charge in [-0.25, -0.2) is 4.79 Å². The molecule has 0 aromatic heterocycles. The Bertz CT molecular complexity index is 958. The molecule has 3 amide bonds. The maximum absolute atomic E-state index is 13.7. The highest BCUT2D eigenvalue weighted by atomic mass is 16.3. The summed E-state index contributed by atoms with van der Waals surface area (Å²) in [4.78, 5) is 33.1. The predicted octanol–water partition coefficient (Wildman–Crippen LogP) is 5.61. The van der Waals surface area contributed by atoms with E-state index in [-0.39, 0.29) is 17.9 Å². The molecule has 6 heteroatoms. The van der Waals surface area contributed by atoms with Crippen LogP contribution in [0.25, 0.3) is 0 Å². The molecule has 1 aliphatic carbocycles. The van der Waals surface area contributed by atoms with E-state index >= 15 is 0 Å². The van der Waals surface area contributed by atoms with Crippen molar-refractivity contribution < 1.29 is 14.7 Å². The number of hydrogen-bond acceptors (Lipinski definition) is 4. The van der Waals surface area contributed by atoms with E-state index in [2.05, 4.69) is 24.8 Å². The third-order valence-electron chi connectivity index (χ3n) is 8.45. The van der Waals surface area contributed by atoms with Crippen LogP contribution in [-0.4, -0.2) is 69.1 Å². The zero-order chi connectivity index (χ0) is 26.6. The maximum Gasteiger partial charge on any atom is 0.327 e. The number of carbonyl (C=O) groups excluding carboxylic acids is 2. The molecule has 1 aromatic carbocycles. The third kappa shape index (κ3) is 6.83. The molecule has 2 aliphatic heterocycles. The first-order valence-corrected chi connectivity index (χ1v) is 14.4. The first-order chi connectivity index (χ1) is 17.6. The molecule has 2 saturated heterocycles. The molecule has 0 bridgehead atoms. The minimum Gasteiger partial charge on any atom is -0.390 e. The molecule has 0 radical (unpaired) electrons. The van der Waals surface area contributed by atoms with Gasteiger partial charge < -0.3 is 14.9 Å². The van der Waals surface area contributed by atoms with E-state index in [9.17, 15) is 14.7 Å². The Morgan fingerprint density at radius 1 is 1.11 bits per heavy atom. The number of likely N-dealkylation sites (tertiary alicyclic amines) is 1. The molecule has 1 N–H and O–H groups in total. The molecule has 3 aliphatic rings. The zero-order valence-electron chi connectivity index (χ0n) is 23.4. The summed E-state index contributed by atoms with van der Waals surface area (Å²) in [5.74, 6) is 0.921. The Morgan fingerprint density at radius 3 is 2.41 bits per heavy atom. The molecule has 37 heavy (non-hydrogen) atoms. The minimum absolute atomic E-state index is 0.0121. The fourth-order valence-electron chi connectivity index (χ4n) is 6.33. The highest BCUT2D eigenvalue weighted by molar-refractivity contribution is 6.07. The minimum atomic E-state index is -0.710. The van der Waals surface area contributed by atoms with Crippen LogP contribution in [0.2, 0.25) is 0 Å². The van der Waals surface area contributed by atoms with Crippen molar-refractivity contribution in [2.45, 2.75) is 96.7 Å². The summed E-state index contributed by atoms with van der Waals surface area (Å²) < 4.78 is 0. The molecule has 2 fully saturated rings. The van der Waals surface area contributed by atoms with Gasteiger partial charge >= 0.3 is 6.03 Å². The predicted molar refractivity (Wildman–Crippen MR) is 148 cm³/mol. The number of benzene rings is 1. The van der Waals surface area contributed by atoms with E-state index in [1.54, 1.807) is 5.57 Å². The monoisotopic (exact) mass is 509 g/mol. The molecule has 1 aromatic rings. The summed E-state index contributed by atoms with van der Waals surface area (Å²) in [6.07, 6.45) is 10.4. The summed E-state index contributed by atoms with van der Waals surface area (Å²) in [6, 6.07) is 9.94. The van der Waals surface area contributed by atoms with Crippen molar-refractivity contribution in [3.63, 3.8) is 0 Å². The van der Waals surface area contributed by atoms with Crippen molar-refractivity contribution in [2.24, 2.45) is 11.8 Å². The van der Waals surface area contributed by atoms with Crippen LogP contribution in [0.4, 0.5) is 4.79 Å². The van der Waals surface area contributed by atoms with E-state index in [0.717, 1.165) is 57.3 Å². The fourth-order valence-corrected chi connectivity index (χ4v) is 6.33. The van der Waals surface area contributed by atoms with Crippen molar-refractivity contribution in [1.29, 1.82) is 0 Å². The number of imide groups is 1. The van der Waals surface area contributed by atoms with Crippen LogP contribution in [0.15, 0.2) is 42.0 Å². The van der Waals surface area contributed by atoms with E-state index in [0.29, 0.717) is 31.8 Å². The Kier molecular flexibility index (Phi) is 8.80. The molecule has 4 rings (SSSR count). The van der Waals surface area contributed by atoms with Gasteiger partial charge in [0.1, 0.15) is 5.54 Å². The van der Waals surface area contributed by atoms with Crippen LogP contribution < -0.4 is 0 Å². The van der Waals surface area contributed by atoms with Crippen LogP contribution in [-0.2, 0) is 11.3 Å². The summed E-state index contributed by atoms with van der Waals surface area (Å²) in [5, 5.41) is 9.95. The number of allylic oxidation sites excluding steroid dienone is 2. The molecular formula is C31H47N3O3. The Morgan fingerprint density at radius 2 is 1.81 bits per heavy atom. The van der Waals surface area contributed by atoms with Crippen molar-refractivity contribution in [3.05, 3.63) is 47.5 Å².